The van der Waals surface area contributed by atoms with Gasteiger partial charge >= 0.3 is 0 Å². The summed E-state index contributed by atoms with van der Waals surface area (Å²) in [5, 5.41) is 9.19. The molecule has 0 saturated carbocycles. The van der Waals surface area contributed by atoms with Crippen molar-refractivity contribution in [3.8, 4) is 0 Å². The van der Waals surface area contributed by atoms with Crippen molar-refractivity contribution in [2.24, 2.45) is 0 Å². The van der Waals surface area contributed by atoms with Gasteiger partial charge in [0.25, 0.3) is 0 Å². The highest BCUT2D eigenvalue weighted by Crippen LogP contribution is 2.45. The van der Waals surface area contributed by atoms with Crippen molar-refractivity contribution in [3.63, 3.8) is 0 Å². The molecule has 3 aliphatic heterocycles. The molecule has 1 aromatic carbocycles. The quantitative estimate of drug-likeness (QED) is 0.843. The van der Waals surface area contributed by atoms with Crippen LogP contribution >= 0.6 is 0 Å². The molecule has 1 aromatic rings. The third-order valence-corrected chi connectivity index (χ3v) is 5.02. The van der Waals surface area contributed by atoms with Gasteiger partial charge in [-0.1, -0.05) is 30.3 Å². The maximum atomic E-state index is 9.19. The summed E-state index contributed by atoms with van der Waals surface area (Å²) in [6.45, 7) is 5.05. The molecule has 3 saturated heterocycles. The number of hydrogen-bond donors (Lipinski definition) is 1. The number of nitrogens with zero attached hydrogens (tertiary/aromatic N) is 1. The second-order valence-electron chi connectivity index (χ2n) is 7.57. The lowest BCUT2D eigenvalue weighted by Gasteiger charge is -2.41. The van der Waals surface area contributed by atoms with E-state index in [2.05, 4.69) is 0 Å². The summed E-state index contributed by atoms with van der Waals surface area (Å²) in [6, 6.07) is 9.87. The lowest BCUT2D eigenvalue weighted by molar-refractivity contribution is -0.311. The van der Waals surface area contributed by atoms with Gasteiger partial charge in [0.15, 0.2) is 18.4 Å². The minimum Gasteiger partial charge on any atom is -0.395 e. The van der Waals surface area contributed by atoms with Crippen LogP contribution in [0.2, 0.25) is 0 Å². The van der Waals surface area contributed by atoms with E-state index in [9.17, 15) is 5.11 Å². The highest BCUT2D eigenvalue weighted by Gasteiger charge is 2.60. The summed E-state index contributed by atoms with van der Waals surface area (Å²) < 4.78 is 30.5. The van der Waals surface area contributed by atoms with Gasteiger partial charge in [0.05, 0.1) is 6.61 Å². The van der Waals surface area contributed by atoms with E-state index in [1.807, 2.05) is 56.1 Å². The molecule has 1 unspecified atom stereocenters. The highest BCUT2D eigenvalue weighted by molar-refractivity contribution is 5.17. The van der Waals surface area contributed by atoms with Crippen molar-refractivity contribution in [1.82, 2.24) is 4.90 Å². The lowest BCUT2D eigenvalue weighted by atomic mass is 10.0. The van der Waals surface area contributed by atoms with Crippen molar-refractivity contribution in [2.75, 3.05) is 26.7 Å². The Morgan fingerprint density at radius 1 is 1.00 bits per heavy atom. The number of fused-ring (bicyclic) bond motifs is 3. The van der Waals surface area contributed by atoms with E-state index in [0.29, 0.717) is 13.1 Å². The number of hydrogen-bond acceptors (Lipinski definition) is 7. The average Bonchev–Trinajstić information content (AvgIpc) is 3.08. The first-order valence-corrected chi connectivity index (χ1v) is 9.13. The SMILES string of the molecule is CN(CCO)C[C@H]1OC(c2ccccc2)O[C@@H]2[C@H]3OC(C)(C)O[C@H]3O[C@@H]21. The van der Waals surface area contributed by atoms with Gasteiger partial charge in [-0.05, 0) is 20.9 Å². The molecule has 6 atom stereocenters. The summed E-state index contributed by atoms with van der Waals surface area (Å²) in [7, 11) is 1.95. The van der Waals surface area contributed by atoms with Crippen LogP contribution in [0.5, 0.6) is 0 Å². The molecule has 1 N–H and O–H groups in total. The summed E-state index contributed by atoms with van der Waals surface area (Å²) in [5.41, 5.74) is 0.961. The number of rotatable bonds is 5. The molecule has 0 aromatic heterocycles. The van der Waals surface area contributed by atoms with Gasteiger partial charge < -0.3 is 33.7 Å². The van der Waals surface area contributed by atoms with Crippen molar-refractivity contribution >= 4 is 0 Å². The normalized spacial score (nSPS) is 38.3. The molecule has 3 heterocycles. The predicted molar refractivity (Wildman–Crippen MR) is 92.2 cm³/mol. The fourth-order valence-corrected chi connectivity index (χ4v) is 3.85. The van der Waals surface area contributed by atoms with Crippen LogP contribution in [0, 0.1) is 0 Å². The molecule has 26 heavy (non-hydrogen) atoms. The molecule has 0 aliphatic carbocycles. The number of aliphatic hydroxyl groups is 1. The zero-order valence-corrected chi connectivity index (χ0v) is 15.4. The Kier molecular flexibility index (Phi) is 5.04. The summed E-state index contributed by atoms with van der Waals surface area (Å²) >= 11 is 0. The number of benzene rings is 1. The number of likely N-dealkylation sites (N-methyl/N-ethyl adjacent to an activating group) is 1. The van der Waals surface area contributed by atoms with Gasteiger partial charge in [-0.25, -0.2) is 0 Å². The van der Waals surface area contributed by atoms with Crippen LogP contribution in [0.3, 0.4) is 0 Å². The molecular formula is C19H27NO6. The Morgan fingerprint density at radius 2 is 1.77 bits per heavy atom. The fourth-order valence-electron chi connectivity index (χ4n) is 3.85. The third kappa shape index (κ3) is 3.53. The van der Waals surface area contributed by atoms with Crippen molar-refractivity contribution < 1.29 is 28.8 Å². The van der Waals surface area contributed by atoms with Gasteiger partial charge in [0.2, 0.25) is 0 Å². The van der Waals surface area contributed by atoms with Crippen LogP contribution in [0.4, 0.5) is 0 Å². The largest absolute Gasteiger partial charge is 0.395 e. The minimum absolute atomic E-state index is 0.0997. The smallest absolute Gasteiger partial charge is 0.190 e. The van der Waals surface area contributed by atoms with Crippen molar-refractivity contribution in [3.05, 3.63) is 35.9 Å². The van der Waals surface area contributed by atoms with E-state index in [4.69, 9.17) is 23.7 Å². The Hall–Kier alpha value is -1.06. The standard InChI is InChI=1S/C19H27NO6/c1-19(2)25-16-15-14(23-18(16)26-19)13(11-20(3)9-10-21)22-17(24-15)12-7-5-4-6-8-12/h4-8,13-18,21H,9-11H2,1-3H3/t13-,14-,15+,16-,17?,18-/m1/s1. The first kappa shape index (κ1) is 18.3. The predicted octanol–water partition coefficient (Wildman–Crippen LogP) is 1.27. The van der Waals surface area contributed by atoms with Gasteiger partial charge in [0, 0.05) is 18.7 Å². The zero-order valence-electron chi connectivity index (χ0n) is 15.4. The fraction of sp³-hybridized carbons (Fsp3) is 0.684. The maximum Gasteiger partial charge on any atom is 0.190 e. The maximum absolute atomic E-state index is 9.19. The molecule has 144 valence electrons. The van der Waals surface area contributed by atoms with Gasteiger partial charge in [0.1, 0.15) is 24.4 Å². The molecule has 3 fully saturated rings. The van der Waals surface area contributed by atoms with Crippen LogP contribution in [0.15, 0.2) is 30.3 Å². The van der Waals surface area contributed by atoms with Crippen LogP contribution in [0.25, 0.3) is 0 Å². The molecule has 7 heteroatoms. The van der Waals surface area contributed by atoms with Crippen molar-refractivity contribution in [1.29, 1.82) is 0 Å². The second kappa shape index (κ2) is 7.16. The van der Waals surface area contributed by atoms with E-state index in [1.54, 1.807) is 0 Å². The van der Waals surface area contributed by atoms with E-state index >= 15 is 0 Å². The molecule has 0 radical (unpaired) electrons. The van der Waals surface area contributed by atoms with Crippen molar-refractivity contribution in [2.45, 2.75) is 56.6 Å². The lowest BCUT2D eigenvalue weighted by Crippen LogP contribution is -2.53. The molecule has 4 rings (SSSR count). The zero-order chi connectivity index (χ0) is 18.3. The Bertz CT molecular complexity index is 611. The first-order valence-electron chi connectivity index (χ1n) is 9.13. The number of aliphatic hydroxyl groups excluding tert-OH is 1. The Morgan fingerprint density at radius 3 is 2.50 bits per heavy atom. The second-order valence-corrected chi connectivity index (χ2v) is 7.57. The summed E-state index contributed by atoms with van der Waals surface area (Å²) in [6.07, 6.45) is -1.98. The van der Waals surface area contributed by atoms with E-state index in [0.717, 1.165) is 5.56 Å². The number of ether oxygens (including phenoxy) is 5. The average molecular weight is 365 g/mol. The van der Waals surface area contributed by atoms with Crippen LogP contribution in [-0.2, 0) is 23.7 Å². The summed E-state index contributed by atoms with van der Waals surface area (Å²) in [4.78, 5) is 2.03. The molecule has 0 amide bonds. The summed E-state index contributed by atoms with van der Waals surface area (Å²) in [5.74, 6) is -0.687. The Balaban J connectivity index is 1.56. The monoisotopic (exact) mass is 365 g/mol. The van der Waals surface area contributed by atoms with E-state index < -0.39 is 18.4 Å². The third-order valence-electron chi connectivity index (χ3n) is 5.02. The molecule has 3 aliphatic rings. The van der Waals surface area contributed by atoms with Crippen LogP contribution in [0.1, 0.15) is 25.7 Å². The topological polar surface area (TPSA) is 69.6 Å². The van der Waals surface area contributed by atoms with Crippen LogP contribution < -0.4 is 0 Å². The molecule has 7 nitrogen and oxygen atoms in total. The molecule has 0 spiro atoms. The van der Waals surface area contributed by atoms with E-state index in [-0.39, 0.29) is 31.0 Å². The minimum atomic E-state index is -0.687. The van der Waals surface area contributed by atoms with Gasteiger partial charge in [-0.2, -0.15) is 0 Å². The van der Waals surface area contributed by atoms with E-state index in [1.165, 1.54) is 0 Å². The first-order chi connectivity index (χ1) is 12.5. The highest BCUT2D eigenvalue weighted by atomic mass is 16.9. The Labute approximate surface area is 153 Å². The van der Waals surface area contributed by atoms with Gasteiger partial charge in [-0.3, -0.25) is 0 Å². The molecule has 0 bridgehead atoms. The van der Waals surface area contributed by atoms with Gasteiger partial charge in [-0.15, -0.1) is 0 Å². The molecular weight excluding hydrogens is 338 g/mol. The van der Waals surface area contributed by atoms with Crippen LogP contribution in [-0.4, -0.2) is 73.2 Å².